The summed E-state index contributed by atoms with van der Waals surface area (Å²) >= 11 is 8.69. The molecule has 0 atom stereocenters. The molecule has 6 nitrogen and oxygen atoms in total. The Kier molecular flexibility index (Phi) is 17.8. The second kappa shape index (κ2) is 12.1. The van der Waals surface area contributed by atoms with Gasteiger partial charge in [-0.05, 0) is 23.6 Å². The zero-order valence-corrected chi connectivity index (χ0v) is 14.6. The molecular formula is C4H15O6P2S2Zn. The zero-order chi connectivity index (χ0) is 13.1. The summed E-state index contributed by atoms with van der Waals surface area (Å²) in [5.74, 6) is 0. The van der Waals surface area contributed by atoms with Gasteiger partial charge in [0.25, 0.3) is 0 Å². The maximum absolute atomic E-state index is 7.56. The van der Waals surface area contributed by atoms with Crippen LogP contribution in [0.15, 0.2) is 0 Å². The van der Waals surface area contributed by atoms with E-state index in [1.54, 1.807) is 0 Å². The number of hydrogen-bond donors (Lipinski definition) is 6. The normalized spacial score (nSPS) is 10.7. The van der Waals surface area contributed by atoms with E-state index in [-0.39, 0.29) is 0 Å². The quantitative estimate of drug-likeness (QED) is 0.307. The van der Waals surface area contributed by atoms with Gasteiger partial charge in [0, 0.05) is 0 Å². The average molecular weight is 351 g/mol. The van der Waals surface area contributed by atoms with Gasteiger partial charge in [-0.3, -0.25) is 0 Å². The van der Waals surface area contributed by atoms with Gasteiger partial charge in [-0.15, -0.1) is 0 Å². The van der Waals surface area contributed by atoms with Crippen molar-refractivity contribution in [2.75, 3.05) is 0 Å². The molecular weight excluding hydrogens is 336 g/mol. The van der Waals surface area contributed by atoms with Crippen LogP contribution in [0, 0.1) is 0 Å². The van der Waals surface area contributed by atoms with Crippen LogP contribution in [0.25, 0.3) is 0 Å². The van der Waals surface area contributed by atoms with Crippen LogP contribution in [0.4, 0.5) is 0 Å². The van der Waals surface area contributed by atoms with Crippen molar-refractivity contribution in [1.82, 2.24) is 0 Å². The molecule has 0 radical (unpaired) electrons. The molecule has 0 amide bonds. The molecule has 11 heteroatoms. The van der Waals surface area contributed by atoms with Gasteiger partial charge in [-0.2, -0.15) is 0 Å². The first kappa shape index (κ1) is 21.9. The van der Waals surface area contributed by atoms with E-state index >= 15 is 0 Å². The minimum absolute atomic E-state index is 1.38. The predicted molar refractivity (Wildman–Crippen MR) is 61.6 cm³/mol. The van der Waals surface area contributed by atoms with Crippen LogP contribution < -0.4 is 0 Å². The van der Waals surface area contributed by atoms with E-state index in [1.165, 1.54) is 36.2 Å². The van der Waals surface area contributed by atoms with Crippen LogP contribution in [0.3, 0.4) is 0 Å². The molecule has 0 heterocycles. The molecule has 15 heavy (non-hydrogen) atoms. The molecule has 0 saturated carbocycles. The first-order valence-corrected chi connectivity index (χ1v) is 11.2. The molecule has 6 N–H and O–H groups in total. The summed E-state index contributed by atoms with van der Waals surface area (Å²) in [6.07, 6.45) is 2.82. The molecule has 0 aromatic carbocycles. The van der Waals surface area contributed by atoms with Crippen molar-refractivity contribution in [3.8, 4) is 0 Å². The van der Waals surface area contributed by atoms with Crippen LogP contribution in [0.5, 0.6) is 0 Å². The number of unbranched alkanes of at least 4 members (excludes halogenated alkanes) is 1. The molecule has 0 bridgehead atoms. The monoisotopic (exact) mass is 349 g/mol. The maximum Gasteiger partial charge on any atom is 0.319 e. The predicted octanol–water partition coefficient (Wildman–Crippen LogP) is 0.127. The molecule has 0 aliphatic carbocycles. The molecule has 0 aromatic heterocycles. The summed E-state index contributed by atoms with van der Waals surface area (Å²) in [6.45, 7) is -5.38. The third kappa shape index (κ3) is 216. The molecule has 0 aliphatic heterocycles. The van der Waals surface area contributed by atoms with Crippen LogP contribution in [-0.2, 0) is 41.9 Å². The van der Waals surface area contributed by atoms with E-state index in [4.69, 9.17) is 29.4 Å². The number of rotatable bonds is 2. The van der Waals surface area contributed by atoms with Crippen molar-refractivity contribution in [1.29, 1.82) is 0 Å². The Hall–Kier alpha value is 1.68. The van der Waals surface area contributed by atoms with Gasteiger partial charge in [0.2, 0.25) is 0 Å². The Bertz CT molecular complexity index is 177. The SMILES string of the molecule is CCC[CH2][Zn].OP(O)(O)=S.OP(O)(O)=S. The maximum atomic E-state index is 7.56. The fraction of sp³-hybridized carbons (Fsp3) is 1.00. The standard InChI is InChI=1S/C4H9.2H3O3PS.Zn/c1-3-4-2;2*1-4(2,3)5;/h1,3-4H2,2H3;2*(H3,1,2,3,5);. The number of hydrogen-bond acceptors (Lipinski definition) is 2. The van der Waals surface area contributed by atoms with E-state index in [0.29, 0.717) is 0 Å². The molecule has 0 spiro atoms. The van der Waals surface area contributed by atoms with Gasteiger partial charge in [0.15, 0.2) is 0 Å². The second-order valence-corrected chi connectivity index (χ2v) is 8.71. The van der Waals surface area contributed by atoms with Gasteiger partial charge in [-0.25, -0.2) is 0 Å². The van der Waals surface area contributed by atoms with Crippen molar-refractivity contribution in [2.24, 2.45) is 0 Å². The molecule has 91 valence electrons. The first-order valence-electron chi connectivity index (χ1n) is 3.77. The minimum Gasteiger partial charge on any atom is -0.325 e. The fourth-order valence-corrected chi connectivity index (χ4v) is 1.30. The summed E-state index contributed by atoms with van der Waals surface area (Å²) in [6, 6.07) is 0. The van der Waals surface area contributed by atoms with E-state index in [0.717, 1.165) is 0 Å². The van der Waals surface area contributed by atoms with E-state index in [9.17, 15) is 0 Å². The van der Waals surface area contributed by atoms with E-state index in [2.05, 4.69) is 30.5 Å². The van der Waals surface area contributed by atoms with Gasteiger partial charge in [0.1, 0.15) is 0 Å². The summed E-state index contributed by atoms with van der Waals surface area (Å²) in [4.78, 5) is 45.3. The zero-order valence-electron chi connectivity index (χ0n) is 8.22. The molecule has 0 aromatic rings. The minimum atomic E-state index is -3.81. The van der Waals surface area contributed by atoms with Crippen molar-refractivity contribution in [2.45, 2.75) is 24.8 Å². The smallest absolute Gasteiger partial charge is 0.319 e. The van der Waals surface area contributed by atoms with E-state index in [1.807, 2.05) is 0 Å². The van der Waals surface area contributed by atoms with Crippen molar-refractivity contribution < 1.29 is 47.7 Å². The first-order chi connectivity index (χ1) is 6.41. The fourth-order valence-electron chi connectivity index (χ4n) is 0.250. The van der Waals surface area contributed by atoms with Crippen LogP contribution in [0.2, 0.25) is 5.02 Å². The summed E-state index contributed by atoms with van der Waals surface area (Å²) in [5.41, 5.74) is 0. The third-order valence-electron chi connectivity index (χ3n) is 0.604. The Morgan fingerprint density at radius 2 is 1.13 bits per heavy atom. The third-order valence-corrected chi connectivity index (χ3v) is 1.65. The van der Waals surface area contributed by atoms with Crippen LogP contribution in [0.1, 0.15) is 19.8 Å². The Morgan fingerprint density at radius 3 is 1.13 bits per heavy atom. The van der Waals surface area contributed by atoms with Gasteiger partial charge in [0.05, 0.1) is 0 Å². The van der Waals surface area contributed by atoms with Crippen molar-refractivity contribution in [3.63, 3.8) is 0 Å². The summed E-state index contributed by atoms with van der Waals surface area (Å²) in [5, 5.41) is 1.47. The second-order valence-electron chi connectivity index (χ2n) is 2.23. The van der Waals surface area contributed by atoms with Crippen LogP contribution >= 0.6 is 13.4 Å². The molecule has 0 saturated heterocycles. The molecule has 0 aliphatic rings. The largest absolute Gasteiger partial charge is 0.325 e. The Morgan fingerprint density at radius 1 is 0.933 bits per heavy atom. The van der Waals surface area contributed by atoms with Crippen molar-refractivity contribution >= 4 is 37.1 Å². The molecule has 0 unspecified atom stereocenters. The summed E-state index contributed by atoms with van der Waals surface area (Å²) < 4.78 is 0. The van der Waals surface area contributed by atoms with Gasteiger partial charge in [-0.1, -0.05) is 0 Å². The van der Waals surface area contributed by atoms with E-state index < -0.39 is 13.4 Å². The Balaban J connectivity index is -0.000000144. The Labute approximate surface area is 109 Å². The summed E-state index contributed by atoms with van der Waals surface area (Å²) in [7, 11) is 0. The van der Waals surface area contributed by atoms with Gasteiger partial charge < -0.3 is 29.4 Å². The van der Waals surface area contributed by atoms with Crippen LogP contribution in [-0.4, -0.2) is 29.4 Å². The van der Waals surface area contributed by atoms with Crippen molar-refractivity contribution in [3.05, 3.63) is 0 Å². The van der Waals surface area contributed by atoms with Gasteiger partial charge >= 0.3 is 56.5 Å². The molecule has 0 rings (SSSR count). The molecule has 0 fully saturated rings. The average Bonchev–Trinajstić information content (AvgIpc) is 1.80. The topological polar surface area (TPSA) is 121 Å².